The van der Waals surface area contributed by atoms with Crippen LogP contribution < -0.4 is 10.6 Å². The van der Waals surface area contributed by atoms with Gasteiger partial charge in [0.15, 0.2) is 0 Å². The Morgan fingerprint density at radius 2 is 2.09 bits per heavy atom. The lowest BCUT2D eigenvalue weighted by molar-refractivity contribution is 0.0377. The third-order valence-electron chi connectivity index (χ3n) is 4.73. The average molecular weight is 305 g/mol. The molecule has 0 spiro atoms. The van der Waals surface area contributed by atoms with Gasteiger partial charge in [0.05, 0.1) is 13.2 Å². The van der Waals surface area contributed by atoms with Crippen molar-refractivity contribution < 1.29 is 4.74 Å². The van der Waals surface area contributed by atoms with Gasteiger partial charge in [-0.05, 0) is 19.3 Å². The predicted octanol–water partition coefficient (Wildman–Crippen LogP) is 0.840. The fourth-order valence-corrected chi connectivity index (χ4v) is 3.17. The molecule has 6 heteroatoms. The van der Waals surface area contributed by atoms with Crippen LogP contribution in [0.25, 0.3) is 0 Å². The van der Waals surface area contributed by atoms with Crippen molar-refractivity contribution in [3.05, 3.63) is 18.1 Å². The van der Waals surface area contributed by atoms with Gasteiger partial charge in [-0.2, -0.15) is 0 Å². The summed E-state index contributed by atoms with van der Waals surface area (Å²) in [6, 6.07) is 2.49. The highest BCUT2D eigenvalue weighted by atomic mass is 16.5. The Morgan fingerprint density at radius 1 is 1.32 bits per heavy atom. The number of anilines is 1. The first-order valence-electron chi connectivity index (χ1n) is 8.31. The lowest BCUT2D eigenvalue weighted by Gasteiger charge is -2.32. The molecule has 2 heterocycles. The minimum absolute atomic E-state index is 0.356. The van der Waals surface area contributed by atoms with Gasteiger partial charge in [-0.1, -0.05) is 0 Å². The summed E-state index contributed by atoms with van der Waals surface area (Å²) in [6.07, 6.45) is 4.94. The molecule has 2 fully saturated rings. The largest absolute Gasteiger partial charge is 0.379 e. The maximum Gasteiger partial charge on any atom is 0.131 e. The third kappa shape index (κ3) is 3.94. The minimum Gasteiger partial charge on any atom is -0.379 e. The zero-order valence-electron chi connectivity index (χ0n) is 13.4. The first kappa shape index (κ1) is 15.6. The van der Waals surface area contributed by atoms with Crippen LogP contribution in [0.2, 0.25) is 0 Å². The second kappa shape index (κ2) is 7.35. The van der Waals surface area contributed by atoms with Gasteiger partial charge in [-0.15, -0.1) is 0 Å². The van der Waals surface area contributed by atoms with Crippen molar-refractivity contribution in [3.63, 3.8) is 0 Å². The van der Waals surface area contributed by atoms with Gasteiger partial charge in [0.25, 0.3) is 0 Å². The van der Waals surface area contributed by atoms with E-state index in [0.29, 0.717) is 12.0 Å². The summed E-state index contributed by atoms with van der Waals surface area (Å²) in [5, 5.41) is 0. The molecule has 1 aliphatic heterocycles. The normalized spacial score (nSPS) is 25.7. The minimum atomic E-state index is 0.356. The Hall–Kier alpha value is -1.24. The molecule has 0 radical (unpaired) electrons. The van der Waals surface area contributed by atoms with Gasteiger partial charge < -0.3 is 15.4 Å². The van der Waals surface area contributed by atoms with Crippen molar-refractivity contribution in [2.24, 2.45) is 5.73 Å². The maximum absolute atomic E-state index is 5.87. The van der Waals surface area contributed by atoms with Crippen LogP contribution in [0, 0.1) is 0 Å². The van der Waals surface area contributed by atoms with Crippen LogP contribution in [-0.2, 0) is 4.74 Å². The quantitative estimate of drug-likeness (QED) is 0.840. The van der Waals surface area contributed by atoms with Gasteiger partial charge in [0.2, 0.25) is 0 Å². The van der Waals surface area contributed by atoms with Crippen molar-refractivity contribution >= 4 is 5.82 Å². The van der Waals surface area contributed by atoms with Gasteiger partial charge in [0.1, 0.15) is 12.1 Å². The summed E-state index contributed by atoms with van der Waals surface area (Å²) in [5.41, 5.74) is 7.02. The van der Waals surface area contributed by atoms with Gasteiger partial charge in [-0.25, -0.2) is 9.97 Å². The van der Waals surface area contributed by atoms with E-state index < -0.39 is 0 Å². The number of rotatable bonds is 6. The number of ether oxygens (including phenoxy) is 1. The second-order valence-corrected chi connectivity index (χ2v) is 6.46. The SMILES string of the molecule is CN(CCCN1CCOCC1)c1cc(C2CC(N)C2)ncn1. The molecule has 6 nitrogen and oxygen atoms in total. The van der Waals surface area contributed by atoms with Crippen molar-refractivity contribution in [2.75, 3.05) is 51.3 Å². The molecule has 1 saturated heterocycles. The Bertz CT molecular complexity index is 471. The number of nitrogens with zero attached hydrogens (tertiary/aromatic N) is 4. The summed E-state index contributed by atoms with van der Waals surface area (Å²) in [5.74, 6) is 1.55. The monoisotopic (exact) mass is 305 g/mol. The zero-order chi connectivity index (χ0) is 15.4. The molecule has 0 atom stereocenters. The molecule has 1 aromatic rings. The first-order valence-corrected chi connectivity index (χ1v) is 8.31. The summed E-state index contributed by atoms with van der Waals surface area (Å²) >= 11 is 0. The molecular formula is C16H27N5O. The van der Waals surface area contributed by atoms with Gasteiger partial charge in [0, 0.05) is 56.9 Å². The van der Waals surface area contributed by atoms with Crippen molar-refractivity contribution in [2.45, 2.75) is 31.2 Å². The van der Waals surface area contributed by atoms with E-state index in [0.717, 1.165) is 70.2 Å². The highest BCUT2D eigenvalue weighted by Gasteiger charge is 2.28. The van der Waals surface area contributed by atoms with Crippen LogP contribution in [0.15, 0.2) is 12.4 Å². The lowest BCUT2D eigenvalue weighted by atomic mass is 9.78. The van der Waals surface area contributed by atoms with E-state index in [1.165, 1.54) is 0 Å². The van der Waals surface area contributed by atoms with E-state index in [2.05, 4.69) is 32.9 Å². The molecule has 0 unspecified atom stereocenters. The van der Waals surface area contributed by atoms with E-state index in [1.54, 1.807) is 6.33 Å². The number of aromatic nitrogens is 2. The molecule has 0 aromatic carbocycles. The Kier molecular flexibility index (Phi) is 5.23. The average Bonchev–Trinajstić information content (AvgIpc) is 2.53. The van der Waals surface area contributed by atoms with Crippen molar-refractivity contribution in [1.82, 2.24) is 14.9 Å². The molecule has 1 aromatic heterocycles. The van der Waals surface area contributed by atoms with Crippen LogP contribution in [0.1, 0.15) is 30.9 Å². The fraction of sp³-hybridized carbons (Fsp3) is 0.750. The number of nitrogens with two attached hydrogens (primary N) is 1. The smallest absolute Gasteiger partial charge is 0.131 e. The molecule has 122 valence electrons. The zero-order valence-corrected chi connectivity index (χ0v) is 13.4. The molecule has 0 bridgehead atoms. The number of hydrogen-bond acceptors (Lipinski definition) is 6. The highest BCUT2D eigenvalue weighted by Crippen LogP contribution is 2.35. The first-order chi connectivity index (χ1) is 10.7. The van der Waals surface area contributed by atoms with Crippen molar-refractivity contribution in [3.8, 4) is 0 Å². The van der Waals surface area contributed by atoms with E-state index in [9.17, 15) is 0 Å². The molecule has 2 aliphatic rings. The Morgan fingerprint density at radius 3 is 2.82 bits per heavy atom. The fourth-order valence-electron chi connectivity index (χ4n) is 3.17. The lowest BCUT2D eigenvalue weighted by Crippen LogP contribution is -2.38. The van der Waals surface area contributed by atoms with E-state index in [1.807, 2.05) is 0 Å². The van der Waals surface area contributed by atoms with Crippen LogP contribution in [-0.4, -0.2) is 67.4 Å². The van der Waals surface area contributed by atoms with Crippen LogP contribution in [0.3, 0.4) is 0 Å². The topological polar surface area (TPSA) is 67.5 Å². The van der Waals surface area contributed by atoms with E-state index >= 15 is 0 Å². The molecule has 0 amide bonds. The number of morpholine rings is 1. The maximum atomic E-state index is 5.87. The molecule has 22 heavy (non-hydrogen) atoms. The standard InChI is InChI=1S/C16H27N5O/c1-20(3-2-4-21-5-7-22-8-6-21)16-11-15(18-12-19-16)13-9-14(17)10-13/h11-14H,2-10,17H2,1H3. The Balaban J connectivity index is 1.47. The van der Waals surface area contributed by atoms with Gasteiger partial charge in [-0.3, -0.25) is 4.90 Å². The molecule has 2 N–H and O–H groups in total. The highest BCUT2D eigenvalue weighted by molar-refractivity contribution is 5.39. The van der Waals surface area contributed by atoms with E-state index in [4.69, 9.17) is 10.5 Å². The summed E-state index contributed by atoms with van der Waals surface area (Å²) < 4.78 is 5.38. The molecule has 3 rings (SSSR count). The Labute approximate surface area is 132 Å². The second-order valence-electron chi connectivity index (χ2n) is 6.46. The predicted molar refractivity (Wildman–Crippen MR) is 87.1 cm³/mol. The van der Waals surface area contributed by atoms with Crippen LogP contribution in [0.4, 0.5) is 5.82 Å². The van der Waals surface area contributed by atoms with Gasteiger partial charge >= 0.3 is 0 Å². The summed E-state index contributed by atoms with van der Waals surface area (Å²) in [4.78, 5) is 13.5. The molecule has 1 aliphatic carbocycles. The number of hydrogen-bond donors (Lipinski definition) is 1. The molecule has 1 saturated carbocycles. The van der Waals surface area contributed by atoms with Crippen LogP contribution >= 0.6 is 0 Å². The van der Waals surface area contributed by atoms with Crippen molar-refractivity contribution in [1.29, 1.82) is 0 Å². The summed E-state index contributed by atoms with van der Waals surface area (Å²) in [6.45, 7) is 6.00. The molecular weight excluding hydrogens is 278 g/mol. The third-order valence-corrected chi connectivity index (χ3v) is 4.73. The van der Waals surface area contributed by atoms with E-state index in [-0.39, 0.29) is 0 Å². The van der Waals surface area contributed by atoms with Crippen LogP contribution in [0.5, 0.6) is 0 Å². The summed E-state index contributed by atoms with van der Waals surface area (Å²) in [7, 11) is 2.11.